The lowest BCUT2D eigenvalue weighted by Gasteiger charge is -2.35. The zero-order valence-electron chi connectivity index (χ0n) is 24.5. The van der Waals surface area contributed by atoms with E-state index in [0.29, 0.717) is 11.0 Å². The third kappa shape index (κ3) is 25.5. The Labute approximate surface area is 226 Å². The van der Waals surface area contributed by atoms with Crippen LogP contribution in [-0.2, 0) is 10.1 Å². The van der Waals surface area contributed by atoms with E-state index in [1.807, 2.05) is 7.05 Å². The molecule has 2 unspecified atom stereocenters. The van der Waals surface area contributed by atoms with Crippen molar-refractivity contribution in [3.05, 3.63) is 0 Å². The molecule has 218 valence electrons. The molecule has 0 bridgehead atoms. The standard InChI is InChI=1S/C30H63NO4S/c1-4-6-7-8-9-10-11-12-13-14-15-16-17-18-19-20-21-22-23-24-25-26-27-31(3,5-2)28-30(32)29-36(33,34)35/h30,32H,4-29H2,1-3H3. The second kappa shape index (κ2) is 23.9. The Bertz CT molecular complexity index is 569. The first kappa shape index (κ1) is 35.8. The van der Waals surface area contributed by atoms with Crippen molar-refractivity contribution in [1.29, 1.82) is 0 Å². The van der Waals surface area contributed by atoms with Gasteiger partial charge >= 0.3 is 0 Å². The van der Waals surface area contributed by atoms with Crippen LogP contribution in [0.5, 0.6) is 0 Å². The molecule has 0 amide bonds. The van der Waals surface area contributed by atoms with Gasteiger partial charge in [0.25, 0.3) is 0 Å². The van der Waals surface area contributed by atoms with Gasteiger partial charge in [-0.15, -0.1) is 0 Å². The van der Waals surface area contributed by atoms with E-state index in [4.69, 9.17) is 0 Å². The van der Waals surface area contributed by atoms with Gasteiger partial charge in [0, 0.05) is 0 Å². The summed E-state index contributed by atoms with van der Waals surface area (Å²) in [4.78, 5) is 0. The smallest absolute Gasteiger partial charge is 0.116 e. The van der Waals surface area contributed by atoms with Gasteiger partial charge in [-0.1, -0.05) is 135 Å². The molecule has 1 N–H and O–H groups in total. The van der Waals surface area contributed by atoms with E-state index in [1.165, 1.54) is 135 Å². The number of rotatable bonds is 28. The van der Waals surface area contributed by atoms with Crippen LogP contribution in [0.2, 0.25) is 0 Å². The minimum Gasteiger partial charge on any atom is -0.748 e. The van der Waals surface area contributed by atoms with Crippen molar-refractivity contribution in [2.45, 2.75) is 161 Å². The first-order valence-corrected chi connectivity index (χ1v) is 17.3. The summed E-state index contributed by atoms with van der Waals surface area (Å²) in [6, 6.07) is 0. The number of aliphatic hydroxyl groups excluding tert-OH is 1. The van der Waals surface area contributed by atoms with Crippen molar-refractivity contribution in [2.24, 2.45) is 0 Å². The lowest BCUT2D eigenvalue weighted by Crippen LogP contribution is -2.50. The van der Waals surface area contributed by atoms with Gasteiger partial charge in [0.1, 0.15) is 12.6 Å². The first-order valence-electron chi connectivity index (χ1n) is 15.7. The zero-order chi connectivity index (χ0) is 27.0. The number of likely N-dealkylation sites (N-methyl/N-ethyl adjacent to an activating group) is 1. The number of aliphatic hydroxyl groups is 1. The molecule has 0 aliphatic rings. The van der Waals surface area contributed by atoms with Gasteiger partial charge in [-0.25, -0.2) is 8.42 Å². The molecule has 2 atom stereocenters. The highest BCUT2D eigenvalue weighted by atomic mass is 32.2. The van der Waals surface area contributed by atoms with Gasteiger partial charge in [0.15, 0.2) is 0 Å². The van der Waals surface area contributed by atoms with E-state index in [9.17, 15) is 18.1 Å². The van der Waals surface area contributed by atoms with Crippen LogP contribution >= 0.6 is 0 Å². The van der Waals surface area contributed by atoms with Gasteiger partial charge in [0.2, 0.25) is 0 Å². The van der Waals surface area contributed by atoms with Crippen molar-refractivity contribution in [3.63, 3.8) is 0 Å². The topological polar surface area (TPSA) is 77.4 Å². The molecule has 0 fully saturated rings. The molecule has 0 aliphatic heterocycles. The molecule has 0 saturated heterocycles. The number of quaternary nitrogens is 1. The second-order valence-corrected chi connectivity index (χ2v) is 13.1. The van der Waals surface area contributed by atoms with Crippen molar-refractivity contribution in [1.82, 2.24) is 0 Å². The average molecular weight is 534 g/mol. The fraction of sp³-hybridized carbons (Fsp3) is 1.00. The fourth-order valence-electron chi connectivity index (χ4n) is 5.28. The van der Waals surface area contributed by atoms with E-state index in [-0.39, 0.29) is 0 Å². The summed E-state index contributed by atoms with van der Waals surface area (Å²) in [6.07, 6.45) is 29.2. The third-order valence-corrected chi connectivity index (χ3v) is 8.66. The van der Waals surface area contributed by atoms with E-state index in [0.717, 1.165) is 19.5 Å². The Kier molecular flexibility index (Phi) is 23.8. The summed E-state index contributed by atoms with van der Waals surface area (Å²) in [5.41, 5.74) is 0. The molecule has 0 saturated carbocycles. The maximum Gasteiger partial charge on any atom is 0.116 e. The van der Waals surface area contributed by atoms with Crippen LogP contribution in [0.25, 0.3) is 0 Å². The molecule has 6 heteroatoms. The Hall–Kier alpha value is -0.170. The average Bonchev–Trinajstić information content (AvgIpc) is 2.81. The SMILES string of the molecule is CCCCCCCCCCCCCCCCCCCCCCCC[N+](C)(CC)CC(O)CS(=O)(=O)[O-]. The van der Waals surface area contributed by atoms with Crippen LogP contribution in [0.4, 0.5) is 0 Å². The van der Waals surface area contributed by atoms with Crippen molar-refractivity contribution in [2.75, 3.05) is 32.4 Å². The van der Waals surface area contributed by atoms with Crippen LogP contribution in [0.1, 0.15) is 155 Å². The van der Waals surface area contributed by atoms with E-state index < -0.39 is 22.0 Å². The first-order chi connectivity index (χ1) is 17.2. The molecular weight excluding hydrogens is 470 g/mol. The molecule has 0 heterocycles. The Balaban J connectivity index is 3.40. The largest absolute Gasteiger partial charge is 0.748 e. The molecule has 0 aliphatic carbocycles. The monoisotopic (exact) mass is 533 g/mol. The molecule has 0 aromatic rings. The minimum absolute atomic E-state index is 0.331. The predicted octanol–water partition coefficient (Wildman–Crippen LogP) is 7.96. The Morgan fingerprint density at radius 3 is 1.19 bits per heavy atom. The highest BCUT2D eigenvalue weighted by molar-refractivity contribution is 7.85. The zero-order valence-corrected chi connectivity index (χ0v) is 25.3. The molecule has 0 aromatic carbocycles. The van der Waals surface area contributed by atoms with Gasteiger partial charge < -0.3 is 14.1 Å². The number of nitrogens with zero attached hydrogens (tertiary/aromatic N) is 1. The summed E-state index contributed by atoms with van der Waals surface area (Å²) in [7, 11) is -2.33. The predicted molar refractivity (Wildman–Crippen MR) is 154 cm³/mol. The molecule has 5 nitrogen and oxygen atoms in total. The van der Waals surface area contributed by atoms with Crippen molar-refractivity contribution >= 4 is 10.1 Å². The maximum atomic E-state index is 10.9. The molecule has 0 spiro atoms. The highest BCUT2D eigenvalue weighted by Gasteiger charge is 2.24. The van der Waals surface area contributed by atoms with Gasteiger partial charge in [-0.2, -0.15) is 0 Å². The Morgan fingerprint density at radius 1 is 0.611 bits per heavy atom. The summed E-state index contributed by atoms with van der Waals surface area (Å²) >= 11 is 0. The molecule has 0 radical (unpaired) electrons. The van der Waals surface area contributed by atoms with E-state index in [1.54, 1.807) is 0 Å². The van der Waals surface area contributed by atoms with Gasteiger partial charge in [0.05, 0.1) is 36.0 Å². The molecule has 36 heavy (non-hydrogen) atoms. The van der Waals surface area contributed by atoms with Crippen molar-refractivity contribution in [3.8, 4) is 0 Å². The highest BCUT2D eigenvalue weighted by Crippen LogP contribution is 2.16. The summed E-state index contributed by atoms with van der Waals surface area (Å²) < 4.78 is 33.2. The maximum absolute atomic E-state index is 10.9. The molecular formula is C30H63NO4S. The molecule has 0 aromatic heterocycles. The number of unbranched alkanes of at least 4 members (excludes halogenated alkanes) is 21. The van der Waals surface area contributed by atoms with Crippen LogP contribution in [0.3, 0.4) is 0 Å². The lowest BCUT2D eigenvalue weighted by molar-refractivity contribution is -0.910. The van der Waals surface area contributed by atoms with Crippen LogP contribution < -0.4 is 0 Å². The normalized spacial score (nSPS) is 14.7. The summed E-state index contributed by atoms with van der Waals surface area (Å²) in [5, 5.41) is 9.93. The van der Waals surface area contributed by atoms with Crippen molar-refractivity contribution < 1.29 is 22.6 Å². The number of hydrogen-bond acceptors (Lipinski definition) is 4. The van der Waals surface area contributed by atoms with E-state index in [2.05, 4.69) is 13.8 Å². The Morgan fingerprint density at radius 2 is 0.917 bits per heavy atom. The second-order valence-electron chi connectivity index (χ2n) is 11.6. The van der Waals surface area contributed by atoms with Gasteiger partial charge in [-0.3, -0.25) is 0 Å². The van der Waals surface area contributed by atoms with Crippen LogP contribution in [-0.4, -0.2) is 61.1 Å². The lowest BCUT2D eigenvalue weighted by atomic mass is 10.0. The van der Waals surface area contributed by atoms with Crippen LogP contribution in [0, 0.1) is 0 Å². The van der Waals surface area contributed by atoms with E-state index >= 15 is 0 Å². The minimum atomic E-state index is -4.37. The quantitative estimate of drug-likeness (QED) is 0.0628. The fourth-order valence-corrected chi connectivity index (χ4v) is 5.85. The van der Waals surface area contributed by atoms with Gasteiger partial charge in [-0.05, 0) is 19.8 Å². The third-order valence-electron chi connectivity index (χ3n) is 7.86. The summed E-state index contributed by atoms with van der Waals surface area (Å²) in [6.45, 7) is 6.42. The summed E-state index contributed by atoms with van der Waals surface area (Å²) in [5.74, 6) is -0.680. The van der Waals surface area contributed by atoms with Crippen LogP contribution in [0.15, 0.2) is 0 Å². The molecule has 0 rings (SSSR count). The number of hydrogen-bond donors (Lipinski definition) is 1.